The van der Waals surface area contributed by atoms with E-state index in [9.17, 15) is 4.79 Å². The molecule has 78 valence electrons. The molecule has 0 saturated carbocycles. The average Bonchev–Trinajstić information content (AvgIpc) is 2.71. The highest BCUT2D eigenvalue weighted by molar-refractivity contribution is 7.21. The van der Waals surface area contributed by atoms with E-state index in [1.807, 2.05) is 20.0 Å². The summed E-state index contributed by atoms with van der Waals surface area (Å²) in [4.78, 5) is 21.8. The molecule has 0 spiro atoms. The van der Waals surface area contributed by atoms with Crippen LogP contribution in [0.5, 0.6) is 0 Å². The fraction of sp³-hybridized carbons (Fsp3) is 0.300. The molecule has 2 heterocycles. The highest BCUT2D eigenvalue weighted by Crippen LogP contribution is 2.31. The van der Waals surface area contributed by atoms with Gasteiger partial charge in [-0.1, -0.05) is 0 Å². The largest absolute Gasteiger partial charge is 0.293 e. The summed E-state index contributed by atoms with van der Waals surface area (Å²) in [6, 6.07) is 0. The first-order valence-corrected chi connectivity index (χ1v) is 6.12. The van der Waals surface area contributed by atoms with Crippen LogP contribution in [0, 0.1) is 13.8 Å². The quantitative estimate of drug-likeness (QED) is 0.755. The van der Waals surface area contributed by atoms with Crippen LogP contribution in [0.15, 0.2) is 6.20 Å². The number of hydrogen-bond donors (Lipinski definition) is 0. The molecule has 0 fully saturated rings. The van der Waals surface area contributed by atoms with Crippen molar-refractivity contribution in [1.82, 2.24) is 9.97 Å². The van der Waals surface area contributed by atoms with Crippen molar-refractivity contribution in [2.75, 3.05) is 0 Å². The van der Waals surface area contributed by atoms with Crippen LogP contribution >= 0.6 is 22.7 Å². The Labute approximate surface area is 95.8 Å². The Morgan fingerprint density at radius 2 is 2.07 bits per heavy atom. The Balaban J connectivity index is 2.46. The summed E-state index contributed by atoms with van der Waals surface area (Å²) in [6.45, 7) is 5.43. The maximum absolute atomic E-state index is 11.2. The minimum Gasteiger partial charge on any atom is -0.293 e. The average molecular weight is 238 g/mol. The van der Waals surface area contributed by atoms with Gasteiger partial charge in [0.25, 0.3) is 0 Å². The van der Waals surface area contributed by atoms with Gasteiger partial charge in [0.2, 0.25) is 0 Å². The third kappa shape index (κ3) is 1.98. The predicted molar refractivity (Wildman–Crippen MR) is 62.7 cm³/mol. The van der Waals surface area contributed by atoms with E-state index in [0.717, 1.165) is 19.8 Å². The van der Waals surface area contributed by atoms with E-state index in [0.29, 0.717) is 5.69 Å². The molecule has 2 aromatic heterocycles. The minimum absolute atomic E-state index is 0.0243. The summed E-state index contributed by atoms with van der Waals surface area (Å²) in [5, 5.41) is 1.91. The lowest BCUT2D eigenvalue weighted by Crippen LogP contribution is -1.93. The fourth-order valence-electron chi connectivity index (χ4n) is 1.29. The molecular formula is C10H10N2OS2. The molecule has 0 aromatic carbocycles. The fourth-order valence-corrected chi connectivity index (χ4v) is 3.07. The van der Waals surface area contributed by atoms with Crippen molar-refractivity contribution in [3.05, 3.63) is 21.8 Å². The molecule has 0 bridgehead atoms. The number of aryl methyl sites for hydroxylation is 2. The second-order valence-electron chi connectivity index (χ2n) is 3.22. The third-order valence-electron chi connectivity index (χ3n) is 1.96. The zero-order valence-corrected chi connectivity index (χ0v) is 10.3. The smallest absolute Gasteiger partial charge is 0.179 e. The molecular weight excluding hydrogens is 228 g/mol. The predicted octanol–water partition coefficient (Wildman–Crippen LogP) is 3.09. The van der Waals surface area contributed by atoms with Crippen LogP contribution in [0.2, 0.25) is 0 Å². The van der Waals surface area contributed by atoms with Gasteiger partial charge in [0.1, 0.15) is 10.7 Å². The van der Waals surface area contributed by atoms with E-state index < -0.39 is 0 Å². The summed E-state index contributed by atoms with van der Waals surface area (Å²) < 4.78 is 0. The van der Waals surface area contributed by atoms with Crippen molar-refractivity contribution in [1.29, 1.82) is 0 Å². The van der Waals surface area contributed by atoms with Gasteiger partial charge in [-0.25, -0.2) is 9.97 Å². The molecule has 0 aliphatic rings. The number of rotatable bonds is 2. The molecule has 0 unspecified atom stereocenters. The molecule has 15 heavy (non-hydrogen) atoms. The lowest BCUT2D eigenvalue weighted by molar-refractivity contribution is 0.101. The van der Waals surface area contributed by atoms with Crippen LogP contribution in [0.4, 0.5) is 0 Å². The molecule has 0 atom stereocenters. The maximum Gasteiger partial charge on any atom is 0.179 e. The Kier molecular flexibility index (Phi) is 2.67. The van der Waals surface area contributed by atoms with Crippen LogP contribution in [0.25, 0.3) is 9.88 Å². The standard InChI is InChI=1S/C10H10N2OS2/c1-5(13)9-6(2)14-10(12-9)8-4-11-7(3)15-8/h4H,1-3H3. The first kappa shape index (κ1) is 10.4. The molecule has 0 saturated heterocycles. The summed E-state index contributed by atoms with van der Waals surface area (Å²) in [6.07, 6.45) is 1.81. The van der Waals surface area contributed by atoms with E-state index in [-0.39, 0.29) is 5.78 Å². The van der Waals surface area contributed by atoms with Gasteiger partial charge in [0.15, 0.2) is 5.78 Å². The van der Waals surface area contributed by atoms with Gasteiger partial charge in [-0.2, -0.15) is 0 Å². The topological polar surface area (TPSA) is 42.9 Å². The zero-order chi connectivity index (χ0) is 11.0. The monoisotopic (exact) mass is 238 g/mol. The summed E-state index contributed by atoms with van der Waals surface area (Å²) in [5.41, 5.74) is 0.584. The first-order chi connectivity index (χ1) is 7.08. The van der Waals surface area contributed by atoms with Crippen LogP contribution in [0.3, 0.4) is 0 Å². The number of hydrogen-bond acceptors (Lipinski definition) is 5. The van der Waals surface area contributed by atoms with Gasteiger partial charge in [-0.15, -0.1) is 22.7 Å². The molecule has 2 rings (SSSR count). The number of nitrogens with zero attached hydrogens (tertiary/aromatic N) is 2. The van der Waals surface area contributed by atoms with Crippen molar-refractivity contribution in [3.8, 4) is 9.88 Å². The third-order valence-corrected chi connectivity index (χ3v) is 4.01. The Morgan fingerprint density at radius 1 is 1.33 bits per heavy atom. The minimum atomic E-state index is 0.0243. The molecule has 0 aliphatic carbocycles. The maximum atomic E-state index is 11.2. The number of Topliss-reactive ketones (excluding diaryl/α,β-unsaturated/α-hetero) is 1. The number of carbonyl (C=O) groups is 1. The highest BCUT2D eigenvalue weighted by Gasteiger charge is 2.13. The van der Waals surface area contributed by atoms with Gasteiger partial charge in [0, 0.05) is 18.0 Å². The lowest BCUT2D eigenvalue weighted by atomic mass is 10.3. The van der Waals surface area contributed by atoms with Crippen molar-refractivity contribution >= 4 is 28.5 Å². The van der Waals surface area contributed by atoms with Crippen LogP contribution in [-0.2, 0) is 0 Å². The van der Waals surface area contributed by atoms with Gasteiger partial charge < -0.3 is 0 Å². The molecule has 5 heteroatoms. The SMILES string of the molecule is CC(=O)c1nc(-c2cnc(C)s2)sc1C. The van der Waals surface area contributed by atoms with Crippen molar-refractivity contribution < 1.29 is 4.79 Å². The molecule has 0 aliphatic heterocycles. The second-order valence-corrected chi connectivity index (χ2v) is 5.66. The van der Waals surface area contributed by atoms with Crippen LogP contribution in [0.1, 0.15) is 27.3 Å². The molecule has 0 N–H and O–H groups in total. The van der Waals surface area contributed by atoms with Gasteiger partial charge in [-0.3, -0.25) is 4.79 Å². The first-order valence-electron chi connectivity index (χ1n) is 4.49. The van der Waals surface area contributed by atoms with E-state index in [2.05, 4.69) is 9.97 Å². The Hall–Kier alpha value is -1.07. The van der Waals surface area contributed by atoms with Crippen LogP contribution < -0.4 is 0 Å². The van der Waals surface area contributed by atoms with E-state index in [1.54, 1.807) is 29.6 Å². The highest BCUT2D eigenvalue weighted by atomic mass is 32.1. The second kappa shape index (κ2) is 3.83. The molecule has 0 amide bonds. The van der Waals surface area contributed by atoms with E-state index in [4.69, 9.17) is 0 Å². The van der Waals surface area contributed by atoms with Gasteiger partial charge in [0.05, 0.1) is 9.88 Å². The summed E-state index contributed by atoms with van der Waals surface area (Å²) in [5.74, 6) is 0.0243. The Morgan fingerprint density at radius 3 is 2.53 bits per heavy atom. The summed E-state index contributed by atoms with van der Waals surface area (Å²) >= 11 is 3.15. The van der Waals surface area contributed by atoms with Crippen molar-refractivity contribution in [3.63, 3.8) is 0 Å². The molecule has 2 aromatic rings. The molecule has 0 radical (unpaired) electrons. The number of aromatic nitrogens is 2. The number of carbonyl (C=O) groups excluding carboxylic acids is 1. The lowest BCUT2D eigenvalue weighted by Gasteiger charge is -1.87. The van der Waals surface area contributed by atoms with Crippen molar-refractivity contribution in [2.24, 2.45) is 0 Å². The van der Waals surface area contributed by atoms with Crippen LogP contribution in [-0.4, -0.2) is 15.8 Å². The zero-order valence-electron chi connectivity index (χ0n) is 8.70. The number of thiazole rings is 2. The van der Waals surface area contributed by atoms with Gasteiger partial charge >= 0.3 is 0 Å². The van der Waals surface area contributed by atoms with E-state index in [1.165, 1.54) is 0 Å². The van der Waals surface area contributed by atoms with Gasteiger partial charge in [-0.05, 0) is 13.8 Å². The summed E-state index contributed by atoms with van der Waals surface area (Å²) in [7, 11) is 0. The Bertz CT molecular complexity index is 513. The number of ketones is 1. The van der Waals surface area contributed by atoms with E-state index >= 15 is 0 Å². The molecule has 3 nitrogen and oxygen atoms in total. The normalized spacial score (nSPS) is 10.6. The van der Waals surface area contributed by atoms with Crippen molar-refractivity contribution in [2.45, 2.75) is 20.8 Å².